The van der Waals surface area contributed by atoms with Crippen LogP contribution >= 0.6 is 0 Å². The van der Waals surface area contributed by atoms with Crippen molar-refractivity contribution < 1.29 is 14.3 Å². The molecule has 1 atom stereocenters. The minimum Gasteiger partial charge on any atom is -0.493 e. The number of Topliss-reactive ketones (excluding diaryl/α,β-unsaturated/α-hetero) is 1. The number of imidazole rings is 1. The molecule has 0 spiro atoms. The smallest absolute Gasteiger partial charge is 0.332 e. The molecular weight excluding hydrogens is 558 g/mol. The van der Waals surface area contributed by atoms with Crippen LogP contribution in [0.25, 0.3) is 27.5 Å². The van der Waals surface area contributed by atoms with Gasteiger partial charge in [-0.1, -0.05) is 50.2 Å². The lowest BCUT2D eigenvalue weighted by atomic mass is 9.68. The third kappa shape index (κ3) is 4.08. The number of hydrogen-bond acceptors (Lipinski definition) is 7. The zero-order chi connectivity index (χ0) is 31.1. The molecule has 0 saturated heterocycles. The molecule has 7 rings (SSSR count). The first-order valence-electron chi connectivity index (χ1n) is 14.5. The molecular formula is C34H33N5O5. The summed E-state index contributed by atoms with van der Waals surface area (Å²) in [5.41, 5.74) is 4.21. The fourth-order valence-electron chi connectivity index (χ4n) is 6.72. The maximum atomic E-state index is 13.8. The van der Waals surface area contributed by atoms with Gasteiger partial charge >= 0.3 is 11.7 Å². The minimum atomic E-state index is -0.474. The topological polar surface area (TPSA) is 109 Å². The third-order valence-corrected chi connectivity index (χ3v) is 8.90. The number of anilines is 1. The van der Waals surface area contributed by atoms with Gasteiger partial charge in [0.1, 0.15) is 0 Å². The van der Waals surface area contributed by atoms with Crippen LogP contribution in [0.4, 0.5) is 5.69 Å². The third-order valence-electron chi connectivity index (χ3n) is 8.90. The number of nitrogens with one attached hydrogen (secondary N) is 1. The van der Waals surface area contributed by atoms with Crippen molar-refractivity contribution >= 4 is 39.0 Å². The van der Waals surface area contributed by atoms with Crippen molar-refractivity contribution in [3.8, 4) is 17.5 Å². The van der Waals surface area contributed by atoms with E-state index in [4.69, 9.17) is 9.47 Å². The Hall–Kier alpha value is -5.12. The van der Waals surface area contributed by atoms with Crippen molar-refractivity contribution in [2.75, 3.05) is 12.4 Å². The number of nitrogens with zero attached hydrogens (tertiary/aromatic N) is 4. The predicted octanol–water partition coefficient (Wildman–Crippen LogP) is 5.23. The molecule has 0 amide bonds. The van der Waals surface area contributed by atoms with Gasteiger partial charge in [-0.25, -0.2) is 4.79 Å². The van der Waals surface area contributed by atoms with Gasteiger partial charge in [0.15, 0.2) is 28.4 Å². The molecule has 10 nitrogen and oxygen atoms in total. The highest BCUT2D eigenvalue weighted by Crippen LogP contribution is 2.52. The van der Waals surface area contributed by atoms with Crippen molar-refractivity contribution in [1.29, 1.82) is 0 Å². The second kappa shape index (κ2) is 9.70. The number of hydrogen-bond donors (Lipinski definition) is 1. The fourth-order valence-corrected chi connectivity index (χ4v) is 6.72. The molecule has 0 fully saturated rings. The highest BCUT2D eigenvalue weighted by molar-refractivity contribution is 6.12. The summed E-state index contributed by atoms with van der Waals surface area (Å²) in [7, 11) is 6.20. The number of carbonyl (C=O) groups is 1. The lowest BCUT2D eigenvalue weighted by molar-refractivity contribution is -0.118. The van der Waals surface area contributed by atoms with E-state index < -0.39 is 11.2 Å². The molecule has 5 aromatic rings. The summed E-state index contributed by atoms with van der Waals surface area (Å²) >= 11 is 0. The van der Waals surface area contributed by atoms with E-state index >= 15 is 0 Å². The predicted molar refractivity (Wildman–Crippen MR) is 170 cm³/mol. The Bertz CT molecular complexity index is 2200. The van der Waals surface area contributed by atoms with E-state index in [9.17, 15) is 14.4 Å². The Morgan fingerprint density at radius 3 is 2.45 bits per heavy atom. The van der Waals surface area contributed by atoms with E-state index in [0.717, 1.165) is 49.7 Å². The van der Waals surface area contributed by atoms with Gasteiger partial charge in [0.05, 0.1) is 13.2 Å². The summed E-state index contributed by atoms with van der Waals surface area (Å²) in [4.78, 5) is 43.6. The molecule has 1 aliphatic carbocycles. The zero-order valence-corrected chi connectivity index (χ0v) is 25.5. The Kier molecular flexibility index (Phi) is 6.11. The molecule has 224 valence electrons. The fraction of sp³-hybridized carbons (Fsp3) is 0.294. The number of aromatic nitrogens is 4. The maximum Gasteiger partial charge on any atom is 0.332 e. The lowest BCUT2D eigenvalue weighted by Gasteiger charge is -2.40. The van der Waals surface area contributed by atoms with Gasteiger partial charge < -0.3 is 14.8 Å². The molecule has 0 saturated carbocycles. The van der Waals surface area contributed by atoms with Crippen LogP contribution in [0.5, 0.6) is 17.5 Å². The maximum absolute atomic E-state index is 13.8. The summed E-state index contributed by atoms with van der Waals surface area (Å²) in [6.45, 7) is 4.31. The Morgan fingerprint density at radius 2 is 1.68 bits per heavy atom. The van der Waals surface area contributed by atoms with Crippen LogP contribution in [-0.4, -0.2) is 31.6 Å². The number of ketones is 1. The number of ether oxygens (including phenoxy) is 2. The first-order valence-corrected chi connectivity index (χ1v) is 14.5. The van der Waals surface area contributed by atoms with Gasteiger partial charge in [0, 0.05) is 44.4 Å². The average molecular weight is 592 g/mol. The Morgan fingerprint density at radius 1 is 0.909 bits per heavy atom. The standard InChI is InChI=1S/C34H33N5O5/c1-34(2)16-21-26-20-10-8-7-9-18(20)11-13-22(26)35-28(27(21)23(40)17-34)19-12-14-24(25(15-19)43-6)44-32-36-30-29(37(32)3)31(41)39(5)33(42)38(30)4/h7-15,28,35H,16-17H2,1-6H3. The van der Waals surface area contributed by atoms with Crippen molar-refractivity contribution in [2.45, 2.75) is 32.7 Å². The molecule has 3 aromatic carbocycles. The van der Waals surface area contributed by atoms with Gasteiger partial charge in [0.25, 0.3) is 5.56 Å². The van der Waals surface area contributed by atoms with Gasteiger partial charge in [0.2, 0.25) is 0 Å². The van der Waals surface area contributed by atoms with E-state index in [1.807, 2.05) is 24.3 Å². The van der Waals surface area contributed by atoms with Crippen LogP contribution in [0, 0.1) is 5.41 Å². The Labute approximate surface area is 253 Å². The zero-order valence-electron chi connectivity index (χ0n) is 25.5. The van der Waals surface area contributed by atoms with Crippen LogP contribution in [0.1, 0.15) is 43.9 Å². The van der Waals surface area contributed by atoms with Crippen molar-refractivity contribution in [1.82, 2.24) is 18.7 Å². The monoisotopic (exact) mass is 591 g/mol. The highest BCUT2D eigenvalue weighted by atomic mass is 16.5. The number of fused-ring (bicyclic) bond motifs is 5. The van der Waals surface area contributed by atoms with Gasteiger partial charge in [-0.2, -0.15) is 4.98 Å². The van der Waals surface area contributed by atoms with E-state index in [1.165, 1.54) is 16.2 Å². The largest absolute Gasteiger partial charge is 0.493 e. The van der Waals surface area contributed by atoms with E-state index in [0.29, 0.717) is 17.9 Å². The second-order valence-corrected chi connectivity index (χ2v) is 12.5. The number of methoxy groups -OCH3 is 1. The number of allylic oxidation sites excluding steroid dienone is 1. The summed E-state index contributed by atoms with van der Waals surface area (Å²) in [5, 5.41) is 5.94. The van der Waals surface area contributed by atoms with Crippen molar-refractivity contribution in [3.63, 3.8) is 0 Å². The molecule has 0 radical (unpaired) electrons. The summed E-state index contributed by atoms with van der Waals surface area (Å²) in [5.74, 6) is 0.954. The molecule has 44 heavy (non-hydrogen) atoms. The van der Waals surface area contributed by atoms with Crippen LogP contribution < -0.4 is 26.0 Å². The first kappa shape index (κ1) is 27.7. The number of rotatable bonds is 4. The molecule has 3 heterocycles. The van der Waals surface area contributed by atoms with Crippen LogP contribution in [-0.2, 0) is 25.9 Å². The van der Waals surface area contributed by atoms with E-state index in [-0.39, 0.29) is 34.4 Å². The molecule has 0 bridgehead atoms. The van der Waals surface area contributed by atoms with Crippen molar-refractivity contribution in [3.05, 3.63) is 92.1 Å². The molecule has 1 unspecified atom stereocenters. The second-order valence-electron chi connectivity index (χ2n) is 12.5. The normalized spacial score (nSPS) is 17.4. The SMILES string of the molecule is COc1cc(C2Nc3ccc4ccccc4c3C3=C2C(=O)CC(C)(C)C3)ccc1Oc1nc2c(c(=O)n(C)c(=O)n2C)n1C. The molecule has 1 aliphatic heterocycles. The van der Waals surface area contributed by atoms with E-state index in [1.54, 1.807) is 27.3 Å². The minimum absolute atomic E-state index is 0.135. The Balaban J connectivity index is 1.33. The summed E-state index contributed by atoms with van der Waals surface area (Å²) in [6, 6.07) is 17.8. The molecule has 10 heteroatoms. The average Bonchev–Trinajstić information content (AvgIpc) is 3.33. The lowest BCUT2D eigenvalue weighted by Crippen LogP contribution is -2.37. The van der Waals surface area contributed by atoms with E-state index in [2.05, 4.69) is 48.4 Å². The van der Waals surface area contributed by atoms with Gasteiger partial charge in [-0.15, -0.1) is 0 Å². The summed E-state index contributed by atoms with van der Waals surface area (Å²) in [6.07, 6.45) is 1.26. The molecule has 1 N–H and O–H groups in total. The van der Waals surface area contributed by atoms with Crippen LogP contribution in [0.2, 0.25) is 0 Å². The van der Waals surface area contributed by atoms with Crippen LogP contribution in [0.3, 0.4) is 0 Å². The van der Waals surface area contributed by atoms with Gasteiger partial charge in [-0.05, 0) is 51.9 Å². The first-order chi connectivity index (χ1) is 21.0. The number of benzene rings is 3. The summed E-state index contributed by atoms with van der Waals surface area (Å²) < 4.78 is 15.8. The van der Waals surface area contributed by atoms with Crippen molar-refractivity contribution in [2.24, 2.45) is 26.6 Å². The molecule has 2 aromatic heterocycles. The molecule has 2 aliphatic rings. The quantitative estimate of drug-likeness (QED) is 0.305. The van der Waals surface area contributed by atoms with Crippen LogP contribution in [0.15, 0.2) is 69.8 Å². The number of aryl methyl sites for hydroxylation is 2. The number of carbonyl (C=O) groups excluding carboxylic acids is 1. The van der Waals surface area contributed by atoms with Gasteiger partial charge in [-0.3, -0.25) is 23.3 Å². The highest BCUT2D eigenvalue weighted by Gasteiger charge is 2.41.